The van der Waals surface area contributed by atoms with Crippen LogP contribution in [0, 0.1) is 17.6 Å². The largest absolute Gasteiger partial charge is 0.339 e. The van der Waals surface area contributed by atoms with E-state index in [-0.39, 0.29) is 15.9 Å². The molecule has 0 unspecified atom stereocenters. The Morgan fingerprint density at radius 1 is 1.33 bits per heavy atom. The molecule has 0 saturated carbocycles. The van der Waals surface area contributed by atoms with Gasteiger partial charge in [0.2, 0.25) is 0 Å². The first kappa shape index (κ1) is 13.5. The lowest BCUT2D eigenvalue weighted by atomic mass is 9.98. The van der Waals surface area contributed by atoms with Gasteiger partial charge < -0.3 is 4.90 Å². The minimum absolute atomic E-state index is 0.0174. The molecule has 5 heteroatoms. The number of piperidine rings is 1. The van der Waals surface area contributed by atoms with E-state index in [0.29, 0.717) is 19.0 Å². The maximum Gasteiger partial charge on any atom is 0.253 e. The molecule has 1 aromatic rings. The summed E-state index contributed by atoms with van der Waals surface area (Å²) in [5.41, 5.74) is 0.190. The molecule has 1 aliphatic rings. The van der Waals surface area contributed by atoms with Gasteiger partial charge in [0.15, 0.2) is 11.6 Å². The molecule has 1 amide bonds. The van der Waals surface area contributed by atoms with Crippen LogP contribution in [0.25, 0.3) is 0 Å². The van der Waals surface area contributed by atoms with Crippen LogP contribution in [0.1, 0.15) is 30.1 Å². The highest BCUT2D eigenvalue weighted by Crippen LogP contribution is 2.23. The van der Waals surface area contributed by atoms with Gasteiger partial charge in [-0.05, 0) is 46.8 Å². The van der Waals surface area contributed by atoms with E-state index in [9.17, 15) is 13.6 Å². The number of rotatable bonds is 1. The van der Waals surface area contributed by atoms with Crippen LogP contribution < -0.4 is 0 Å². The maximum atomic E-state index is 13.3. The molecular formula is C13H14BrF2NO. The van der Waals surface area contributed by atoms with Crippen LogP contribution >= 0.6 is 15.9 Å². The van der Waals surface area contributed by atoms with E-state index in [1.807, 2.05) is 0 Å². The van der Waals surface area contributed by atoms with Crippen LogP contribution in [-0.2, 0) is 0 Å². The zero-order valence-corrected chi connectivity index (χ0v) is 11.6. The van der Waals surface area contributed by atoms with Crippen LogP contribution in [0.15, 0.2) is 16.6 Å². The first-order valence-electron chi connectivity index (χ1n) is 5.93. The van der Waals surface area contributed by atoms with E-state index in [4.69, 9.17) is 0 Å². The van der Waals surface area contributed by atoms with Gasteiger partial charge in [-0.15, -0.1) is 0 Å². The summed E-state index contributed by atoms with van der Waals surface area (Å²) in [5, 5.41) is 0. The zero-order chi connectivity index (χ0) is 13.3. The summed E-state index contributed by atoms with van der Waals surface area (Å²) in [4.78, 5) is 13.8. The smallest absolute Gasteiger partial charge is 0.253 e. The van der Waals surface area contributed by atoms with Crippen LogP contribution in [-0.4, -0.2) is 23.9 Å². The lowest BCUT2D eigenvalue weighted by Gasteiger charge is -2.30. The van der Waals surface area contributed by atoms with Crippen molar-refractivity contribution in [3.05, 3.63) is 33.8 Å². The highest BCUT2D eigenvalue weighted by atomic mass is 79.9. The molecule has 2 nitrogen and oxygen atoms in total. The number of likely N-dealkylation sites (tertiary alicyclic amines) is 1. The molecule has 0 N–H and O–H groups in total. The third-order valence-electron chi connectivity index (χ3n) is 3.30. The Balaban J connectivity index is 2.19. The number of nitrogens with zero attached hydrogens (tertiary/aromatic N) is 1. The van der Waals surface area contributed by atoms with Gasteiger partial charge in [-0.3, -0.25) is 4.79 Å². The molecule has 1 aliphatic heterocycles. The molecule has 0 spiro atoms. The van der Waals surface area contributed by atoms with Crippen molar-refractivity contribution >= 4 is 21.8 Å². The Morgan fingerprint density at radius 3 is 2.50 bits per heavy atom. The fourth-order valence-electron chi connectivity index (χ4n) is 2.07. The predicted molar refractivity (Wildman–Crippen MR) is 68.4 cm³/mol. The molecule has 2 rings (SSSR count). The number of hydrogen-bond donors (Lipinski definition) is 0. The lowest BCUT2D eigenvalue weighted by molar-refractivity contribution is 0.0696. The molecule has 0 bridgehead atoms. The van der Waals surface area contributed by atoms with Crippen molar-refractivity contribution in [3.8, 4) is 0 Å². The number of carbonyl (C=O) groups is 1. The predicted octanol–water partition coefficient (Wildman–Crippen LogP) is 3.60. The van der Waals surface area contributed by atoms with E-state index < -0.39 is 11.6 Å². The first-order valence-corrected chi connectivity index (χ1v) is 6.72. The maximum absolute atomic E-state index is 13.3. The number of hydrogen-bond acceptors (Lipinski definition) is 1. The summed E-state index contributed by atoms with van der Waals surface area (Å²) in [6.45, 7) is 3.50. The van der Waals surface area contributed by atoms with Crippen LogP contribution in [0.4, 0.5) is 8.78 Å². The Kier molecular flexibility index (Phi) is 4.00. The van der Waals surface area contributed by atoms with Crippen molar-refractivity contribution in [2.24, 2.45) is 5.92 Å². The van der Waals surface area contributed by atoms with Gasteiger partial charge in [-0.1, -0.05) is 6.92 Å². The number of amides is 1. The molecule has 0 aliphatic carbocycles. The average Bonchev–Trinajstić information content (AvgIpc) is 2.35. The number of carbonyl (C=O) groups excluding carboxylic acids is 1. The fourth-order valence-corrected chi connectivity index (χ4v) is 2.51. The fraction of sp³-hybridized carbons (Fsp3) is 0.462. The van der Waals surface area contributed by atoms with E-state index >= 15 is 0 Å². The molecule has 1 heterocycles. The van der Waals surface area contributed by atoms with Crippen LogP contribution in [0.3, 0.4) is 0 Å². The second-order valence-corrected chi connectivity index (χ2v) is 5.58. The van der Waals surface area contributed by atoms with E-state index in [0.717, 1.165) is 18.9 Å². The zero-order valence-electron chi connectivity index (χ0n) is 10.0. The highest BCUT2D eigenvalue weighted by molar-refractivity contribution is 9.10. The van der Waals surface area contributed by atoms with Gasteiger partial charge in [-0.25, -0.2) is 8.78 Å². The number of benzene rings is 1. The molecule has 1 fully saturated rings. The molecule has 1 saturated heterocycles. The lowest BCUT2D eigenvalue weighted by Crippen LogP contribution is -2.38. The van der Waals surface area contributed by atoms with Gasteiger partial charge in [0, 0.05) is 18.7 Å². The Labute approximate surface area is 113 Å². The van der Waals surface area contributed by atoms with Gasteiger partial charge in [0.05, 0.1) is 4.47 Å². The summed E-state index contributed by atoms with van der Waals surface area (Å²) >= 11 is 2.91. The van der Waals surface area contributed by atoms with Crippen molar-refractivity contribution in [1.82, 2.24) is 4.90 Å². The highest BCUT2D eigenvalue weighted by Gasteiger charge is 2.23. The summed E-state index contributed by atoms with van der Waals surface area (Å²) in [7, 11) is 0. The third-order valence-corrected chi connectivity index (χ3v) is 3.88. The summed E-state index contributed by atoms with van der Waals surface area (Å²) in [6, 6.07) is 2.29. The Morgan fingerprint density at radius 2 is 1.94 bits per heavy atom. The first-order chi connectivity index (χ1) is 8.49. The molecule has 0 atom stereocenters. The monoisotopic (exact) mass is 317 g/mol. The van der Waals surface area contributed by atoms with Crippen molar-refractivity contribution in [3.63, 3.8) is 0 Å². The normalized spacial score (nSPS) is 17.0. The third kappa shape index (κ3) is 2.71. The van der Waals surface area contributed by atoms with E-state index in [2.05, 4.69) is 22.9 Å². The van der Waals surface area contributed by atoms with Crippen molar-refractivity contribution in [1.29, 1.82) is 0 Å². The average molecular weight is 318 g/mol. The quantitative estimate of drug-likeness (QED) is 0.725. The molecule has 98 valence electrons. The molecule has 1 aromatic carbocycles. The summed E-state index contributed by atoms with van der Waals surface area (Å²) in [5.74, 6) is -1.58. The van der Waals surface area contributed by atoms with E-state index in [1.54, 1.807) is 4.90 Å². The molecule has 18 heavy (non-hydrogen) atoms. The SMILES string of the molecule is CC1CCN(C(=O)c2cc(F)c(F)c(Br)c2)CC1. The Bertz CT molecular complexity index is 447. The summed E-state index contributed by atoms with van der Waals surface area (Å²) < 4.78 is 26.4. The number of halogens is 3. The van der Waals surface area contributed by atoms with Gasteiger partial charge in [0.1, 0.15) is 0 Å². The van der Waals surface area contributed by atoms with Crippen molar-refractivity contribution in [2.45, 2.75) is 19.8 Å². The Hall–Kier alpha value is -0.970. The van der Waals surface area contributed by atoms with E-state index in [1.165, 1.54) is 6.07 Å². The molecule has 0 radical (unpaired) electrons. The topological polar surface area (TPSA) is 20.3 Å². The van der Waals surface area contributed by atoms with Crippen LogP contribution in [0.5, 0.6) is 0 Å². The second-order valence-electron chi connectivity index (χ2n) is 4.73. The van der Waals surface area contributed by atoms with Gasteiger partial charge >= 0.3 is 0 Å². The van der Waals surface area contributed by atoms with Crippen LogP contribution in [0.2, 0.25) is 0 Å². The minimum atomic E-state index is -1.00. The standard InChI is InChI=1S/C13H14BrF2NO/c1-8-2-4-17(5-3-8)13(18)9-6-10(14)12(16)11(15)7-9/h6-8H,2-5H2,1H3. The minimum Gasteiger partial charge on any atom is -0.339 e. The molecular weight excluding hydrogens is 304 g/mol. The van der Waals surface area contributed by atoms with Crippen molar-refractivity contribution < 1.29 is 13.6 Å². The molecule has 0 aromatic heterocycles. The van der Waals surface area contributed by atoms with Gasteiger partial charge in [0.25, 0.3) is 5.91 Å². The second kappa shape index (κ2) is 5.34. The summed E-state index contributed by atoms with van der Waals surface area (Å²) in [6.07, 6.45) is 1.91. The van der Waals surface area contributed by atoms with Crippen molar-refractivity contribution in [2.75, 3.05) is 13.1 Å². The van der Waals surface area contributed by atoms with Gasteiger partial charge in [-0.2, -0.15) is 0 Å².